The van der Waals surface area contributed by atoms with E-state index in [-0.39, 0.29) is 17.3 Å². The lowest BCUT2D eigenvalue weighted by atomic mass is 9.76. The lowest BCUT2D eigenvalue weighted by Crippen LogP contribution is -2.25. The molecular weight excluding hydrogens is 270 g/mol. The number of rotatable bonds is 11. The van der Waals surface area contributed by atoms with E-state index in [2.05, 4.69) is 21.9 Å². The van der Waals surface area contributed by atoms with Crippen molar-refractivity contribution in [3.63, 3.8) is 0 Å². The van der Waals surface area contributed by atoms with Crippen molar-refractivity contribution in [1.82, 2.24) is 0 Å². The van der Waals surface area contributed by atoms with Gasteiger partial charge in [0.15, 0.2) is 0 Å². The summed E-state index contributed by atoms with van der Waals surface area (Å²) in [6.45, 7) is 7.37. The molecule has 0 aromatic heterocycles. The third kappa shape index (κ3) is 9.64. The molecule has 0 amide bonds. The summed E-state index contributed by atoms with van der Waals surface area (Å²) in [7, 11) is 0. The highest BCUT2D eigenvalue weighted by atomic mass is 16.1. The van der Waals surface area contributed by atoms with E-state index < -0.39 is 0 Å². The molecule has 6 nitrogen and oxygen atoms in total. The highest BCUT2D eigenvalue weighted by molar-refractivity contribution is 5.33. The van der Waals surface area contributed by atoms with E-state index in [0.717, 1.165) is 19.3 Å². The van der Waals surface area contributed by atoms with Crippen LogP contribution in [0.3, 0.4) is 0 Å². The minimum Gasteiger partial charge on any atom is -0.211 e. The standard InChI is InChI=1S/C15H23N3O3/c1-13(7-16-10-19)4-5-15(3,9-18-12-21)6-14(2)8-17-11-20/h13-14H,4-9H2,1-3H3. The number of hydrogen-bond donors (Lipinski definition) is 0. The van der Waals surface area contributed by atoms with Crippen LogP contribution < -0.4 is 0 Å². The molecule has 6 heteroatoms. The monoisotopic (exact) mass is 293 g/mol. The number of isocyanates is 3. The van der Waals surface area contributed by atoms with Crippen molar-refractivity contribution >= 4 is 18.2 Å². The number of hydrogen-bond acceptors (Lipinski definition) is 6. The third-order valence-corrected chi connectivity index (χ3v) is 3.54. The van der Waals surface area contributed by atoms with Crippen molar-refractivity contribution in [2.24, 2.45) is 32.2 Å². The van der Waals surface area contributed by atoms with Crippen LogP contribution in [-0.2, 0) is 14.4 Å². The number of carbonyl (C=O) groups excluding carboxylic acids is 3. The van der Waals surface area contributed by atoms with Crippen molar-refractivity contribution in [2.45, 2.75) is 40.0 Å². The summed E-state index contributed by atoms with van der Waals surface area (Å²) >= 11 is 0. The van der Waals surface area contributed by atoms with E-state index >= 15 is 0 Å². The first-order valence-electron chi connectivity index (χ1n) is 7.08. The van der Waals surface area contributed by atoms with E-state index in [1.807, 2.05) is 13.8 Å². The molecule has 0 saturated carbocycles. The molecule has 21 heavy (non-hydrogen) atoms. The van der Waals surface area contributed by atoms with Gasteiger partial charge in [0.1, 0.15) is 0 Å². The molecule has 0 fully saturated rings. The quantitative estimate of drug-likeness (QED) is 0.433. The zero-order valence-electron chi connectivity index (χ0n) is 13.0. The summed E-state index contributed by atoms with van der Waals surface area (Å²) in [5.41, 5.74) is -0.158. The van der Waals surface area contributed by atoms with Gasteiger partial charge >= 0.3 is 0 Å². The van der Waals surface area contributed by atoms with E-state index in [0.29, 0.717) is 19.6 Å². The average Bonchev–Trinajstić information content (AvgIpc) is 2.47. The van der Waals surface area contributed by atoms with Crippen LogP contribution in [0.4, 0.5) is 0 Å². The maximum Gasteiger partial charge on any atom is 0.234 e. The smallest absolute Gasteiger partial charge is 0.211 e. The van der Waals surface area contributed by atoms with Crippen LogP contribution in [0.5, 0.6) is 0 Å². The van der Waals surface area contributed by atoms with Crippen LogP contribution in [0.15, 0.2) is 15.0 Å². The fourth-order valence-corrected chi connectivity index (χ4v) is 2.45. The first kappa shape index (κ1) is 19.1. The zero-order chi connectivity index (χ0) is 16.1. The van der Waals surface area contributed by atoms with Crippen LogP contribution in [0.2, 0.25) is 0 Å². The minimum absolute atomic E-state index is 0.158. The summed E-state index contributed by atoms with van der Waals surface area (Å²) < 4.78 is 0. The van der Waals surface area contributed by atoms with Gasteiger partial charge in [0.2, 0.25) is 18.2 Å². The molecule has 0 aliphatic carbocycles. The Balaban J connectivity index is 4.62. The SMILES string of the molecule is CC(CCC(C)(CN=C=O)CC(C)CN=C=O)CN=C=O. The van der Waals surface area contributed by atoms with E-state index in [9.17, 15) is 14.4 Å². The Morgan fingerprint density at radius 2 is 1.43 bits per heavy atom. The molecule has 3 atom stereocenters. The second-order valence-corrected chi connectivity index (χ2v) is 6.04. The van der Waals surface area contributed by atoms with E-state index in [1.54, 1.807) is 18.2 Å². The van der Waals surface area contributed by atoms with Crippen LogP contribution in [0.1, 0.15) is 40.0 Å². The molecule has 3 unspecified atom stereocenters. The van der Waals surface area contributed by atoms with Gasteiger partial charge in [-0.05, 0) is 36.5 Å². The summed E-state index contributed by atoms with van der Waals surface area (Å²) in [6, 6.07) is 0. The van der Waals surface area contributed by atoms with Crippen LogP contribution >= 0.6 is 0 Å². The molecule has 0 N–H and O–H groups in total. The van der Waals surface area contributed by atoms with Gasteiger partial charge in [0, 0.05) is 0 Å². The van der Waals surface area contributed by atoms with E-state index in [4.69, 9.17) is 0 Å². The topological polar surface area (TPSA) is 88.3 Å². The van der Waals surface area contributed by atoms with Crippen molar-refractivity contribution in [3.05, 3.63) is 0 Å². The predicted molar refractivity (Wildman–Crippen MR) is 79.3 cm³/mol. The van der Waals surface area contributed by atoms with Gasteiger partial charge in [-0.25, -0.2) is 29.4 Å². The first-order chi connectivity index (χ1) is 9.97. The van der Waals surface area contributed by atoms with Crippen LogP contribution in [-0.4, -0.2) is 37.9 Å². The molecule has 116 valence electrons. The van der Waals surface area contributed by atoms with Gasteiger partial charge in [0.25, 0.3) is 0 Å². The van der Waals surface area contributed by atoms with Crippen molar-refractivity contribution in [1.29, 1.82) is 0 Å². The lowest BCUT2D eigenvalue weighted by Gasteiger charge is -2.30. The fourth-order valence-electron chi connectivity index (χ4n) is 2.45. The summed E-state index contributed by atoms with van der Waals surface area (Å²) in [5.74, 6) is 0.482. The van der Waals surface area contributed by atoms with Crippen molar-refractivity contribution in [3.8, 4) is 0 Å². The van der Waals surface area contributed by atoms with Gasteiger partial charge in [-0.3, -0.25) is 0 Å². The largest absolute Gasteiger partial charge is 0.234 e. The molecule has 0 aromatic carbocycles. The predicted octanol–water partition coefficient (Wildman–Crippen LogP) is 2.44. The molecule has 0 radical (unpaired) electrons. The Morgan fingerprint density at radius 1 is 0.905 bits per heavy atom. The number of nitrogens with zero attached hydrogens (tertiary/aromatic N) is 3. The van der Waals surface area contributed by atoms with Gasteiger partial charge in [0.05, 0.1) is 19.6 Å². The average molecular weight is 293 g/mol. The maximum absolute atomic E-state index is 10.4. The van der Waals surface area contributed by atoms with Gasteiger partial charge in [-0.2, -0.15) is 0 Å². The minimum atomic E-state index is -0.158. The lowest BCUT2D eigenvalue weighted by molar-refractivity contribution is 0.223. The summed E-state index contributed by atoms with van der Waals surface area (Å²) in [5, 5.41) is 0. The molecule has 0 aliphatic rings. The molecule has 0 spiro atoms. The molecule has 0 aromatic rings. The van der Waals surface area contributed by atoms with Crippen LogP contribution in [0, 0.1) is 17.3 Å². The Hall–Kier alpha value is -1.86. The normalized spacial score (nSPS) is 15.6. The Bertz CT molecular complexity index is 447. The summed E-state index contributed by atoms with van der Waals surface area (Å²) in [4.78, 5) is 41.5. The zero-order valence-corrected chi connectivity index (χ0v) is 13.0. The van der Waals surface area contributed by atoms with Crippen molar-refractivity contribution in [2.75, 3.05) is 19.6 Å². The first-order valence-corrected chi connectivity index (χ1v) is 7.08. The second kappa shape index (κ2) is 10.9. The molecular formula is C15H23N3O3. The molecule has 0 bridgehead atoms. The molecule has 0 rings (SSSR count). The summed E-state index contributed by atoms with van der Waals surface area (Å²) in [6.07, 6.45) is 7.19. The highest BCUT2D eigenvalue weighted by Gasteiger charge is 2.27. The Labute approximate surface area is 125 Å². The van der Waals surface area contributed by atoms with Gasteiger partial charge in [-0.1, -0.05) is 20.8 Å². The maximum atomic E-state index is 10.4. The molecule has 0 heterocycles. The Morgan fingerprint density at radius 3 is 1.95 bits per heavy atom. The number of aliphatic imine (C=N–C) groups is 3. The van der Waals surface area contributed by atoms with Gasteiger partial charge < -0.3 is 0 Å². The third-order valence-electron chi connectivity index (χ3n) is 3.54. The molecule has 0 aliphatic heterocycles. The molecule has 0 saturated heterocycles. The van der Waals surface area contributed by atoms with Gasteiger partial charge in [-0.15, -0.1) is 0 Å². The highest BCUT2D eigenvalue weighted by Crippen LogP contribution is 2.33. The second-order valence-electron chi connectivity index (χ2n) is 6.04. The Kier molecular flexibility index (Phi) is 9.91. The van der Waals surface area contributed by atoms with Crippen molar-refractivity contribution < 1.29 is 14.4 Å². The van der Waals surface area contributed by atoms with E-state index in [1.165, 1.54) is 0 Å². The van der Waals surface area contributed by atoms with Crippen LogP contribution in [0.25, 0.3) is 0 Å². The fraction of sp³-hybridized carbons (Fsp3) is 0.800.